The van der Waals surface area contributed by atoms with Gasteiger partial charge in [-0.15, -0.1) is 11.3 Å². The number of carbonyl (C=O) groups excluding carboxylic acids is 2. The van der Waals surface area contributed by atoms with Gasteiger partial charge in [-0.3, -0.25) is 14.9 Å². The zero-order valence-electron chi connectivity index (χ0n) is 17.4. The second kappa shape index (κ2) is 10.9. The molecule has 0 radical (unpaired) electrons. The molecule has 2 atom stereocenters. The summed E-state index contributed by atoms with van der Waals surface area (Å²) in [5, 5.41) is 8.30. The minimum Gasteiger partial charge on any atom is -0.345 e. The van der Waals surface area contributed by atoms with Gasteiger partial charge in [-0.1, -0.05) is 67.6 Å². The van der Waals surface area contributed by atoms with E-state index in [9.17, 15) is 9.59 Å². The maximum atomic E-state index is 12.6. The first kappa shape index (κ1) is 21.9. The minimum atomic E-state index is -0.522. The number of hydrogen-bond donors (Lipinski definition) is 2. The maximum absolute atomic E-state index is 12.6. The van der Waals surface area contributed by atoms with Gasteiger partial charge in [0.25, 0.3) is 0 Å². The van der Waals surface area contributed by atoms with Crippen molar-refractivity contribution in [1.29, 1.82) is 0 Å². The third-order valence-corrected chi connectivity index (χ3v) is 6.06. The highest BCUT2D eigenvalue weighted by Crippen LogP contribution is 2.26. The van der Waals surface area contributed by atoms with Gasteiger partial charge in [0.05, 0.1) is 18.6 Å². The van der Waals surface area contributed by atoms with Crippen LogP contribution < -0.4 is 10.6 Å². The van der Waals surface area contributed by atoms with Gasteiger partial charge in [0.2, 0.25) is 5.91 Å². The third kappa shape index (κ3) is 6.12. The Morgan fingerprint density at radius 3 is 2.27 bits per heavy atom. The van der Waals surface area contributed by atoms with Gasteiger partial charge >= 0.3 is 0 Å². The topological polar surface area (TPSA) is 58.2 Å². The molecule has 0 aliphatic carbocycles. The van der Waals surface area contributed by atoms with Crippen LogP contribution in [0.4, 0.5) is 0 Å². The molecule has 30 heavy (non-hydrogen) atoms. The Kier molecular flexibility index (Phi) is 7.94. The fourth-order valence-electron chi connectivity index (χ4n) is 3.37. The van der Waals surface area contributed by atoms with E-state index in [1.54, 1.807) is 11.3 Å². The Bertz CT molecular complexity index is 937. The van der Waals surface area contributed by atoms with E-state index in [2.05, 4.69) is 47.9 Å². The average Bonchev–Trinajstić information content (AvgIpc) is 3.29. The second-order valence-electron chi connectivity index (χ2n) is 7.34. The van der Waals surface area contributed by atoms with Gasteiger partial charge in [-0.25, -0.2) is 0 Å². The largest absolute Gasteiger partial charge is 0.345 e. The smallest absolute Gasteiger partial charge is 0.234 e. The predicted molar refractivity (Wildman–Crippen MR) is 123 cm³/mol. The van der Waals surface area contributed by atoms with Crippen LogP contribution in [-0.2, 0) is 22.4 Å². The number of rotatable bonds is 10. The van der Waals surface area contributed by atoms with Crippen LogP contribution in [0.2, 0.25) is 0 Å². The Labute approximate surface area is 182 Å². The van der Waals surface area contributed by atoms with E-state index in [1.165, 1.54) is 12.5 Å². The summed E-state index contributed by atoms with van der Waals surface area (Å²) in [6.07, 6.45) is 1.49. The van der Waals surface area contributed by atoms with Gasteiger partial charge in [0.15, 0.2) is 5.78 Å². The lowest BCUT2D eigenvalue weighted by atomic mass is 10.0. The number of amides is 1. The molecule has 0 unspecified atom stereocenters. The fourth-order valence-corrected chi connectivity index (χ4v) is 4.20. The molecular formula is C25H28N2O2S. The van der Waals surface area contributed by atoms with E-state index in [4.69, 9.17) is 0 Å². The molecule has 3 rings (SSSR count). The highest BCUT2D eigenvalue weighted by molar-refractivity contribution is 7.10. The van der Waals surface area contributed by atoms with Gasteiger partial charge in [-0.05, 0) is 47.9 Å². The van der Waals surface area contributed by atoms with Crippen LogP contribution in [0.15, 0.2) is 72.1 Å². The molecule has 4 nitrogen and oxygen atoms in total. The van der Waals surface area contributed by atoms with Crippen molar-refractivity contribution in [2.75, 3.05) is 6.54 Å². The number of aryl methyl sites for hydroxylation is 1. The van der Waals surface area contributed by atoms with Crippen molar-refractivity contribution in [3.05, 3.63) is 93.7 Å². The number of carbonyl (C=O) groups is 2. The number of benzene rings is 2. The molecule has 0 saturated carbocycles. The molecule has 0 aliphatic heterocycles. The van der Waals surface area contributed by atoms with Crippen LogP contribution in [0.25, 0.3) is 0 Å². The molecular weight excluding hydrogens is 392 g/mol. The Morgan fingerprint density at radius 2 is 1.67 bits per heavy atom. The summed E-state index contributed by atoms with van der Waals surface area (Å²) in [5.74, 6) is -0.227. The minimum absolute atomic E-state index is 0.0443. The molecule has 1 aromatic heterocycles. The first-order valence-corrected chi connectivity index (χ1v) is 11.1. The number of hydrogen-bond acceptors (Lipinski definition) is 4. The van der Waals surface area contributed by atoms with Crippen LogP contribution in [0.5, 0.6) is 0 Å². The lowest BCUT2D eigenvalue weighted by Crippen LogP contribution is -2.45. The van der Waals surface area contributed by atoms with Crippen molar-refractivity contribution in [1.82, 2.24) is 10.6 Å². The summed E-state index contributed by atoms with van der Waals surface area (Å²) >= 11 is 1.66. The molecule has 1 amide bonds. The van der Waals surface area contributed by atoms with E-state index >= 15 is 0 Å². The first-order chi connectivity index (χ1) is 14.6. The molecule has 2 aromatic carbocycles. The number of nitrogens with one attached hydrogen (secondary N) is 2. The summed E-state index contributed by atoms with van der Waals surface area (Å²) in [5.41, 5.74) is 3.43. The lowest BCUT2D eigenvalue weighted by molar-refractivity contribution is -0.126. The van der Waals surface area contributed by atoms with Crippen LogP contribution >= 0.6 is 11.3 Å². The SMILES string of the molecule is CCc1ccc([C@@H](NCC(=O)N[C@@H](Cc2ccccc2)C(C)=O)c2cccs2)cc1. The molecule has 0 spiro atoms. The summed E-state index contributed by atoms with van der Waals surface area (Å²) in [4.78, 5) is 25.8. The average molecular weight is 421 g/mol. The molecule has 5 heteroatoms. The summed E-state index contributed by atoms with van der Waals surface area (Å²) in [7, 11) is 0. The molecule has 1 heterocycles. The molecule has 3 aromatic rings. The van der Waals surface area contributed by atoms with Gasteiger partial charge in [0, 0.05) is 4.88 Å². The molecule has 0 aliphatic rings. The zero-order valence-corrected chi connectivity index (χ0v) is 18.2. The number of thiophene rings is 1. The summed E-state index contributed by atoms with van der Waals surface area (Å²) < 4.78 is 0. The van der Waals surface area contributed by atoms with E-state index in [1.807, 2.05) is 41.8 Å². The van der Waals surface area contributed by atoms with E-state index < -0.39 is 6.04 Å². The molecule has 0 saturated heterocycles. The van der Waals surface area contributed by atoms with Crippen molar-refractivity contribution < 1.29 is 9.59 Å². The molecule has 2 N–H and O–H groups in total. The second-order valence-corrected chi connectivity index (χ2v) is 8.32. The molecule has 0 fully saturated rings. The molecule has 156 valence electrons. The van der Waals surface area contributed by atoms with Crippen molar-refractivity contribution >= 4 is 23.0 Å². The van der Waals surface area contributed by atoms with E-state index in [-0.39, 0.29) is 24.3 Å². The fraction of sp³-hybridized carbons (Fsp3) is 0.280. The lowest BCUT2D eigenvalue weighted by Gasteiger charge is -2.20. The number of ketones is 1. The first-order valence-electron chi connectivity index (χ1n) is 10.3. The maximum Gasteiger partial charge on any atom is 0.234 e. The zero-order chi connectivity index (χ0) is 21.3. The van der Waals surface area contributed by atoms with E-state index in [0.717, 1.165) is 22.4 Å². The van der Waals surface area contributed by atoms with Crippen molar-refractivity contribution in [3.63, 3.8) is 0 Å². The van der Waals surface area contributed by atoms with Crippen LogP contribution in [-0.4, -0.2) is 24.3 Å². The van der Waals surface area contributed by atoms with Crippen molar-refractivity contribution in [3.8, 4) is 0 Å². The highest BCUT2D eigenvalue weighted by atomic mass is 32.1. The Balaban J connectivity index is 1.65. The quantitative estimate of drug-likeness (QED) is 0.514. The standard InChI is InChI=1S/C25H28N2O2S/c1-3-19-11-13-21(14-12-19)25(23-10-7-15-30-23)26-17-24(29)27-22(18(2)28)16-20-8-5-4-6-9-20/h4-15,22,25-26H,3,16-17H2,1-2H3,(H,27,29)/t22-,25+/m0/s1. The molecule has 0 bridgehead atoms. The van der Waals surface area contributed by atoms with Crippen LogP contribution in [0.1, 0.15) is 41.5 Å². The van der Waals surface area contributed by atoms with Crippen molar-refractivity contribution in [2.24, 2.45) is 0 Å². The van der Waals surface area contributed by atoms with Gasteiger partial charge < -0.3 is 5.32 Å². The monoisotopic (exact) mass is 420 g/mol. The van der Waals surface area contributed by atoms with Crippen molar-refractivity contribution in [2.45, 2.75) is 38.8 Å². The highest BCUT2D eigenvalue weighted by Gasteiger charge is 2.20. The van der Waals surface area contributed by atoms with Gasteiger partial charge in [-0.2, -0.15) is 0 Å². The summed E-state index contributed by atoms with van der Waals surface area (Å²) in [6, 6.07) is 21.7. The third-order valence-electron chi connectivity index (χ3n) is 5.12. The Morgan fingerprint density at radius 1 is 0.933 bits per heavy atom. The summed E-state index contributed by atoms with van der Waals surface area (Å²) in [6.45, 7) is 3.79. The van der Waals surface area contributed by atoms with Crippen LogP contribution in [0, 0.1) is 0 Å². The van der Waals surface area contributed by atoms with Gasteiger partial charge in [0.1, 0.15) is 0 Å². The van der Waals surface area contributed by atoms with Crippen LogP contribution in [0.3, 0.4) is 0 Å². The predicted octanol–water partition coefficient (Wildman–Crippen LogP) is 4.31. The number of Topliss-reactive ketones (excluding diaryl/α,β-unsaturated/α-hetero) is 1. The Hall–Kier alpha value is -2.76. The van der Waals surface area contributed by atoms with E-state index in [0.29, 0.717) is 6.42 Å². The normalized spacial score (nSPS) is 12.9.